The summed E-state index contributed by atoms with van der Waals surface area (Å²) >= 11 is 1.37. The van der Waals surface area contributed by atoms with Gasteiger partial charge in [-0.25, -0.2) is 4.39 Å². The van der Waals surface area contributed by atoms with Crippen molar-refractivity contribution in [3.63, 3.8) is 0 Å². The lowest BCUT2D eigenvalue weighted by Gasteiger charge is -2.38. The number of carbonyl (C=O) groups is 2. The fourth-order valence-corrected chi connectivity index (χ4v) is 4.53. The molecule has 1 heterocycles. The molecule has 2 rings (SSSR count). The van der Waals surface area contributed by atoms with Gasteiger partial charge < -0.3 is 25.2 Å². The van der Waals surface area contributed by atoms with Gasteiger partial charge in [-0.1, -0.05) is 0 Å². The Morgan fingerprint density at radius 2 is 2.00 bits per heavy atom. The predicted octanol–water partition coefficient (Wildman–Crippen LogP) is 1.81. The quantitative estimate of drug-likeness (QED) is 0.262. The summed E-state index contributed by atoms with van der Waals surface area (Å²) in [5.74, 6) is -0.860. The minimum absolute atomic E-state index is 0.0326. The second-order valence-electron chi connectivity index (χ2n) is 8.07. The van der Waals surface area contributed by atoms with Crippen LogP contribution in [0.4, 0.5) is 4.39 Å². The molecule has 0 radical (unpaired) electrons. The Bertz CT molecular complexity index is 954. The number of rotatable bonds is 14. The Morgan fingerprint density at radius 3 is 2.54 bits per heavy atom. The van der Waals surface area contributed by atoms with Crippen LogP contribution in [0.25, 0.3) is 0 Å². The van der Waals surface area contributed by atoms with E-state index in [1.54, 1.807) is 32.2 Å². The molecule has 2 amide bonds. The monoisotopic (exact) mass is 510 g/mol. The number of aromatic nitrogens is 2. The number of ether oxygens (including phenoxy) is 1. The molecule has 0 aliphatic rings. The van der Waals surface area contributed by atoms with Crippen molar-refractivity contribution in [2.24, 2.45) is 7.05 Å². The van der Waals surface area contributed by atoms with Gasteiger partial charge in [0.05, 0.1) is 36.7 Å². The first-order valence-corrected chi connectivity index (χ1v) is 12.5. The number of nitrogens with zero attached hydrogens (tertiary/aromatic N) is 3. The van der Waals surface area contributed by atoms with Crippen LogP contribution in [0.2, 0.25) is 0 Å². The van der Waals surface area contributed by atoms with E-state index in [2.05, 4.69) is 10.4 Å². The topological polar surface area (TPSA) is 117 Å². The molecule has 0 fully saturated rings. The zero-order valence-electron chi connectivity index (χ0n) is 20.6. The van der Waals surface area contributed by atoms with E-state index in [1.807, 2.05) is 6.92 Å². The summed E-state index contributed by atoms with van der Waals surface area (Å²) in [6.07, 6.45) is -1.06. The van der Waals surface area contributed by atoms with E-state index in [0.717, 1.165) is 4.90 Å². The van der Waals surface area contributed by atoms with Gasteiger partial charge in [-0.05, 0) is 51.1 Å². The normalized spacial score (nSPS) is 13.8. The van der Waals surface area contributed by atoms with Crippen molar-refractivity contribution in [3.05, 3.63) is 47.5 Å². The number of carbonyl (C=O) groups excluding carboxylic acids is 2. The number of aliphatic hydroxyl groups is 2. The van der Waals surface area contributed by atoms with Crippen molar-refractivity contribution < 1.29 is 28.9 Å². The molecule has 194 valence electrons. The summed E-state index contributed by atoms with van der Waals surface area (Å²) < 4.78 is 20.0. The molecule has 2 aromatic rings. The molecule has 0 bridgehead atoms. The largest absolute Gasteiger partial charge is 0.394 e. The lowest BCUT2D eigenvalue weighted by Crippen LogP contribution is -2.54. The molecule has 0 saturated carbocycles. The van der Waals surface area contributed by atoms with E-state index in [9.17, 15) is 24.2 Å². The average Bonchev–Trinajstić information content (AvgIpc) is 3.14. The summed E-state index contributed by atoms with van der Waals surface area (Å²) in [5, 5.41) is 27.6. The maximum Gasteiger partial charge on any atom is 0.249 e. The molecule has 3 N–H and O–H groups in total. The van der Waals surface area contributed by atoms with Crippen molar-refractivity contribution in [2.45, 2.75) is 50.3 Å². The molecule has 0 aliphatic carbocycles. The van der Waals surface area contributed by atoms with E-state index >= 15 is 0 Å². The van der Waals surface area contributed by atoms with Gasteiger partial charge in [-0.2, -0.15) is 5.10 Å². The lowest BCUT2D eigenvalue weighted by atomic mass is 10.0. The highest BCUT2D eigenvalue weighted by atomic mass is 32.2. The van der Waals surface area contributed by atoms with E-state index in [1.165, 1.54) is 40.4 Å². The minimum Gasteiger partial charge on any atom is -0.394 e. The summed E-state index contributed by atoms with van der Waals surface area (Å²) in [6, 6.07) is 5.51. The molecule has 0 aliphatic heterocycles. The van der Waals surface area contributed by atoms with Gasteiger partial charge in [0.25, 0.3) is 0 Å². The first-order valence-electron chi connectivity index (χ1n) is 11.5. The predicted molar refractivity (Wildman–Crippen MR) is 131 cm³/mol. The number of thioether (sulfide) groups is 1. The van der Waals surface area contributed by atoms with Crippen molar-refractivity contribution in [3.8, 4) is 0 Å². The Morgan fingerprint density at radius 1 is 1.31 bits per heavy atom. The van der Waals surface area contributed by atoms with Crippen LogP contribution < -0.4 is 5.32 Å². The number of benzene rings is 1. The number of halogens is 1. The highest BCUT2D eigenvalue weighted by molar-refractivity contribution is 7.99. The van der Waals surface area contributed by atoms with Gasteiger partial charge in [-0.3, -0.25) is 14.3 Å². The van der Waals surface area contributed by atoms with E-state index in [0.29, 0.717) is 30.4 Å². The van der Waals surface area contributed by atoms with Crippen molar-refractivity contribution in [1.82, 2.24) is 20.0 Å². The third-order valence-electron chi connectivity index (χ3n) is 5.38. The number of hydrogen-bond donors (Lipinski definition) is 3. The summed E-state index contributed by atoms with van der Waals surface area (Å²) in [4.78, 5) is 28.9. The van der Waals surface area contributed by atoms with E-state index in [-0.39, 0.29) is 18.8 Å². The van der Waals surface area contributed by atoms with Gasteiger partial charge in [-0.15, -0.1) is 11.8 Å². The molecule has 9 nitrogen and oxygen atoms in total. The molecule has 0 spiro atoms. The Kier molecular flexibility index (Phi) is 11.7. The van der Waals surface area contributed by atoms with Crippen molar-refractivity contribution >= 4 is 23.6 Å². The van der Waals surface area contributed by atoms with Crippen LogP contribution >= 0.6 is 11.8 Å². The first-order chi connectivity index (χ1) is 16.7. The Balaban J connectivity index is 2.33. The van der Waals surface area contributed by atoms with Gasteiger partial charge in [0.15, 0.2) is 6.04 Å². The number of nitrogens with one attached hydrogen (secondary N) is 1. The maximum absolute atomic E-state index is 13.5. The molecule has 1 aromatic carbocycles. The summed E-state index contributed by atoms with van der Waals surface area (Å²) in [6.45, 7) is 5.60. The molecule has 1 unspecified atom stereocenters. The van der Waals surface area contributed by atoms with Crippen LogP contribution in [-0.4, -0.2) is 81.0 Å². The van der Waals surface area contributed by atoms with Crippen LogP contribution in [0.1, 0.15) is 37.7 Å². The minimum atomic E-state index is -1.13. The van der Waals surface area contributed by atoms with Crippen LogP contribution in [0, 0.1) is 12.7 Å². The van der Waals surface area contributed by atoms with Crippen LogP contribution in [0.5, 0.6) is 0 Å². The first kappa shape index (κ1) is 28.8. The summed E-state index contributed by atoms with van der Waals surface area (Å²) in [7, 11) is 1.67. The molecule has 1 aromatic heterocycles. The van der Waals surface area contributed by atoms with Crippen molar-refractivity contribution in [2.75, 3.05) is 32.1 Å². The van der Waals surface area contributed by atoms with Crippen molar-refractivity contribution in [1.29, 1.82) is 0 Å². The third-order valence-corrected chi connectivity index (χ3v) is 6.40. The average molecular weight is 511 g/mol. The van der Waals surface area contributed by atoms with Crippen LogP contribution in [0.3, 0.4) is 0 Å². The number of aliphatic hydroxyl groups excluding tert-OH is 2. The number of amides is 2. The zero-order valence-corrected chi connectivity index (χ0v) is 21.4. The molecular formula is C24H35FN4O5S. The van der Waals surface area contributed by atoms with E-state index in [4.69, 9.17) is 4.74 Å². The summed E-state index contributed by atoms with van der Waals surface area (Å²) in [5.41, 5.74) is 1.11. The van der Waals surface area contributed by atoms with Crippen LogP contribution in [0.15, 0.2) is 35.2 Å². The molecule has 35 heavy (non-hydrogen) atoms. The second kappa shape index (κ2) is 14.2. The van der Waals surface area contributed by atoms with Gasteiger partial charge in [0.1, 0.15) is 5.82 Å². The van der Waals surface area contributed by atoms with Crippen LogP contribution in [-0.2, 0) is 21.4 Å². The number of aryl methyl sites for hydroxylation is 2. The Hall–Kier alpha value is -2.47. The maximum atomic E-state index is 13.5. The lowest BCUT2D eigenvalue weighted by molar-refractivity contribution is -0.148. The zero-order chi connectivity index (χ0) is 26.0. The molecule has 3 atom stereocenters. The highest BCUT2D eigenvalue weighted by Gasteiger charge is 2.39. The van der Waals surface area contributed by atoms with Gasteiger partial charge in [0.2, 0.25) is 11.8 Å². The van der Waals surface area contributed by atoms with E-state index < -0.39 is 36.6 Å². The number of hydrogen-bond acceptors (Lipinski definition) is 7. The Labute approximate surface area is 209 Å². The fourth-order valence-electron chi connectivity index (χ4n) is 3.69. The van der Waals surface area contributed by atoms with Gasteiger partial charge in [0, 0.05) is 37.3 Å². The molecule has 11 heteroatoms. The van der Waals surface area contributed by atoms with Gasteiger partial charge >= 0.3 is 0 Å². The molecular weight excluding hydrogens is 475 g/mol. The standard InChI is InChI=1S/C24H35FN4O5S/c1-5-34-12-11-26-24(33)23(20-14-16(2)27-28(20)4)29(21(15-30)17(3)31)22(32)10-13-35-19-8-6-18(25)7-9-19/h6-9,14,17,21,23,30-31H,5,10-13,15H2,1-4H3,(H,26,33)/t17-,21+,23?/m1/s1. The third kappa shape index (κ3) is 8.31. The highest BCUT2D eigenvalue weighted by Crippen LogP contribution is 2.28. The fraction of sp³-hybridized carbons (Fsp3) is 0.542. The second-order valence-corrected chi connectivity index (χ2v) is 9.24. The SMILES string of the molecule is CCOCCNC(=O)C(c1cc(C)nn1C)N(C(=O)CCSc1ccc(F)cc1)[C@@H](CO)[C@@H](C)O. The molecule has 0 saturated heterocycles. The smallest absolute Gasteiger partial charge is 0.249 e.